The van der Waals surface area contributed by atoms with E-state index in [1.807, 2.05) is 12.1 Å². The van der Waals surface area contributed by atoms with Crippen molar-refractivity contribution >= 4 is 15.9 Å². The molecule has 1 heterocycles. The molecule has 1 aliphatic rings. The average molecular weight is 316 g/mol. The van der Waals surface area contributed by atoms with E-state index in [0.717, 1.165) is 25.1 Å². The van der Waals surface area contributed by atoms with Crippen LogP contribution in [0, 0.1) is 0 Å². The van der Waals surface area contributed by atoms with E-state index in [4.69, 9.17) is 9.47 Å². The number of hydrogen-bond donors (Lipinski definition) is 2. The Hall–Kier alpha value is -0.780. The van der Waals surface area contributed by atoms with Gasteiger partial charge in [0.05, 0.1) is 17.7 Å². The molecule has 2 rings (SSSR count). The Balaban J connectivity index is 2.03. The molecule has 1 aromatic rings. The first-order chi connectivity index (χ1) is 8.61. The van der Waals surface area contributed by atoms with Gasteiger partial charge in [0, 0.05) is 19.2 Å². The van der Waals surface area contributed by atoms with Gasteiger partial charge in [0.1, 0.15) is 0 Å². The van der Waals surface area contributed by atoms with Crippen molar-refractivity contribution in [1.29, 1.82) is 0 Å². The zero-order chi connectivity index (χ0) is 13.1. The number of ether oxygens (including phenoxy) is 2. The SMILES string of the molecule is COc1cc(CNC2CCOC2C)cc(Br)c1O. The van der Waals surface area contributed by atoms with E-state index in [1.165, 1.54) is 0 Å². The lowest BCUT2D eigenvalue weighted by Crippen LogP contribution is -2.34. The van der Waals surface area contributed by atoms with Crippen LogP contribution in [0.1, 0.15) is 18.9 Å². The van der Waals surface area contributed by atoms with Gasteiger partial charge in [0.25, 0.3) is 0 Å². The molecule has 2 N–H and O–H groups in total. The first-order valence-electron chi connectivity index (χ1n) is 6.02. The molecule has 5 heteroatoms. The van der Waals surface area contributed by atoms with E-state index in [9.17, 15) is 5.11 Å². The fraction of sp³-hybridized carbons (Fsp3) is 0.538. The van der Waals surface area contributed by atoms with Gasteiger partial charge in [-0.15, -0.1) is 0 Å². The van der Waals surface area contributed by atoms with Gasteiger partial charge in [-0.1, -0.05) is 0 Å². The van der Waals surface area contributed by atoms with E-state index >= 15 is 0 Å². The van der Waals surface area contributed by atoms with Crippen LogP contribution in [0.25, 0.3) is 0 Å². The lowest BCUT2D eigenvalue weighted by Gasteiger charge is -2.16. The van der Waals surface area contributed by atoms with Gasteiger partial charge in [-0.05, 0) is 47.0 Å². The van der Waals surface area contributed by atoms with Gasteiger partial charge in [0.15, 0.2) is 11.5 Å². The zero-order valence-corrected chi connectivity index (χ0v) is 12.2. The largest absolute Gasteiger partial charge is 0.503 e. The molecule has 0 bridgehead atoms. The topological polar surface area (TPSA) is 50.7 Å². The predicted molar refractivity (Wildman–Crippen MR) is 73.0 cm³/mol. The lowest BCUT2D eigenvalue weighted by molar-refractivity contribution is 0.113. The highest BCUT2D eigenvalue weighted by Crippen LogP contribution is 2.35. The maximum absolute atomic E-state index is 9.73. The maximum Gasteiger partial charge on any atom is 0.172 e. The molecule has 1 aliphatic heterocycles. The number of phenols is 1. The molecule has 1 aromatic carbocycles. The summed E-state index contributed by atoms with van der Waals surface area (Å²) in [6.07, 6.45) is 1.30. The van der Waals surface area contributed by atoms with E-state index in [2.05, 4.69) is 28.2 Å². The van der Waals surface area contributed by atoms with Crippen LogP contribution in [-0.2, 0) is 11.3 Å². The highest BCUT2D eigenvalue weighted by molar-refractivity contribution is 9.10. The Morgan fingerprint density at radius 2 is 2.33 bits per heavy atom. The lowest BCUT2D eigenvalue weighted by atomic mass is 10.1. The van der Waals surface area contributed by atoms with Gasteiger partial charge in [-0.25, -0.2) is 0 Å². The first-order valence-corrected chi connectivity index (χ1v) is 6.81. The minimum Gasteiger partial charge on any atom is -0.503 e. The molecule has 2 atom stereocenters. The van der Waals surface area contributed by atoms with Crippen molar-refractivity contribution in [3.8, 4) is 11.5 Å². The van der Waals surface area contributed by atoms with Crippen molar-refractivity contribution in [2.75, 3.05) is 13.7 Å². The number of nitrogens with one attached hydrogen (secondary N) is 1. The molecular formula is C13H18BrNO3. The summed E-state index contributed by atoms with van der Waals surface area (Å²) in [5.41, 5.74) is 1.07. The molecule has 18 heavy (non-hydrogen) atoms. The molecule has 0 radical (unpaired) electrons. The number of aromatic hydroxyl groups is 1. The summed E-state index contributed by atoms with van der Waals surface area (Å²) in [5, 5.41) is 13.2. The normalized spacial score (nSPS) is 23.3. The number of methoxy groups -OCH3 is 1. The fourth-order valence-corrected chi connectivity index (χ4v) is 2.62. The number of halogens is 1. The second-order valence-corrected chi connectivity index (χ2v) is 5.33. The second kappa shape index (κ2) is 5.91. The minimum atomic E-state index is 0.138. The molecule has 0 aromatic heterocycles. The third-order valence-electron chi connectivity index (χ3n) is 3.25. The van der Waals surface area contributed by atoms with Crippen LogP contribution in [0.5, 0.6) is 11.5 Å². The summed E-state index contributed by atoms with van der Waals surface area (Å²) < 4.78 is 11.3. The first kappa shape index (κ1) is 13.6. The third kappa shape index (κ3) is 2.96. The Kier molecular flexibility index (Phi) is 4.48. The quantitative estimate of drug-likeness (QED) is 0.896. The molecular weight excluding hydrogens is 298 g/mol. The molecule has 1 saturated heterocycles. The molecule has 0 spiro atoms. The minimum absolute atomic E-state index is 0.138. The Bertz CT molecular complexity index is 425. The molecule has 0 saturated carbocycles. The van der Waals surface area contributed by atoms with Gasteiger partial charge < -0.3 is 19.9 Å². The van der Waals surface area contributed by atoms with Crippen LogP contribution in [0.15, 0.2) is 16.6 Å². The highest BCUT2D eigenvalue weighted by atomic mass is 79.9. The number of phenolic OH excluding ortho intramolecular Hbond substituents is 1. The van der Waals surface area contributed by atoms with E-state index in [1.54, 1.807) is 7.11 Å². The molecule has 0 amide bonds. The van der Waals surface area contributed by atoms with Crippen molar-refractivity contribution in [3.63, 3.8) is 0 Å². The number of rotatable bonds is 4. The van der Waals surface area contributed by atoms with Crippen LogP contribution >= 0.6 is 15.9 Å². The van der Waals surface area contributed by atoms with Crippen LogP contribution in [-0.4, -0.2) is 31.0 Å². The Morgan fingerprint density at radius 3 is 2.94 bits per heavy atom. The molecule has 0 aliphatic carbocycles. The van der Waals surface area contributed by atoms with Crippen LogP contribution < -0.4 is 10.1 Å². The van der Waals surface area contributed by atoms with Gasteiger partial charge >= 0.3 is 0 Å². The van der Waals surface area contributed by atoms with E-state index < -0.39 is 0 Å². The summed E-state index contributed by atoms with van der Waals surface area (Å²) in [7, 11) is 1.55. The van der Waals surface area contributed by atoms with Crippen molar-refractivity contribution in [1.82, 2.24) is 5.32 Å². The summed E-state index contributed by atoms with van der Waals surface area (Å²) in [6, 6.07) is 4.13. The van der Waals surface area contributed by atoms with Gasteiger partial charge in [-0.2, -0.15) is 0 Å². The van der Waals surface area contributed by atoms with E-state index in [0.29, 0.717) is 16.3 Å². The maximum atomic E-state index is 9.73. The Morgan fingerprint density at radius 1 is 1.56 bits per heavy atom. The molecule has 1 fully saturated rings. The number of benzene rings is 1. The smallest absolute Gasteiger partial charge is 0.172 e. The standard InChI is InChI=1S/C13H18BrNO3/c1-8-11(3-4-18-8)15-7-9-5-10(14)13(16)12(6-9)17-2/h5-6,8,11,15-16H,3-4,7H2,1-2H3. The highest BCUT2D eigenvalue weighted by Gasteiger charge is 2.23. The van der Waals surface area contributed by atoms with E-state index in [-0.39, 0.29) is 11.9 Å². The summed E-state index contributed by atoms with van der Waals surface area (Å²) in [5.74, 6) is 0.621. The van der Waals surface area contributed by atoms with Gasteiger partial charge in [-0.3, -0.25) is 0 Å². The summed E-state index contributed by atoms with van der Waals surface area (Å²) in [6.45, 7) is 3.63. The molecule has 100 valence electrons. The average Bonchev–Trinajstić information content (AvgIpc) is 2.76. The third-order valence-corrected chi connectivity index (χ3v) is 3.86. The molecule has 2 unspecified atom stereocenters. The van der Waals surface area contributed by atoms with Crippen molar-refractivity contribution in [3.05, 3.63) is 22.2 Å². The summed E-state index contributed by atoms with van der Waals surface area (Å²) in [4.78, 5) is 0. The Labute approximate surface area is 115 Å². The predicted octanol–water partition coefficient (Wildman–Crippen LogP) is 2.43. The number of hydrogen-bond acceptors (Lipinski definition) is 4. The second-order valence-electron chi connectivity index (χ2n) is 4.48. The molecule has 4 nitrogen and oxygen atoms in total. The fourth-order valence-electron chi connectivity index (χ4n) is 2.13. The summed E-state index contributed by atoms with van der Waals surface area (Å²) >= 11 is 3.32. The van der Waals surface area contributed by atoms with Crippen molar-refractivity contribution in [2.24, 2.45) is 0 Å². The van der Waals surface area contributed by atoms with Crippen LogP contribution in [0.4, 0.5) is 0 Å². The van der Waals surface area contributed by atoms with Crippen molar-refractivity contribution in [2.45, 2.75) is 32.0 Å². The van der Waals surface area contributed by atoms with Crippen LogP contribution in [0.3, 0.4) is 0 Å². The zero-order valence-electron chi connectivity index (χ0n) is 10.6. The monoisotopic (exact) mass is 315 g/mol. The van der Waals surface area contributed by atoms with Crippen molar-refractivity contribution < 1.29 is 14.6 Å². The van der Waals surface area contributed by atoms with Gasteiger partial charge in [0.2, 0.25) is 0 Å². The van der Waals surface area contributed by atoms with Crippen LogP contribution in [0.2, 0.25) is 0 Å².